The zero-order chi connectivity index (χ0) is 19.0. The highest BCUT2D eigenvalue weighted by molar-refractivity contribution is 5.86. The van der Waals surface area contributed by atoms with Crippen LogP contribution in [0.4, 0.5) is 4.79 Å². The second-order valence-corrected chi connectivity index (χ2v) is 6.91. The first-order chi connectivity index (χ1) is 11.6. The van der Waals surface area contributed by atoms with E-state index in [0.717, 1.165) is 5.56 Å². The van der Waals surface area contributed by atoms with E-state index in [1.165, 1.54) is 13.8 Å². The molecule has 25 heavy (non-hydrogen) atoms. The molecule has 0 radical (unpaired) electrons. The molecule has 0 aliphatic heterocycles. The number of esters is 1. The Morgan fingerprint density at radius 3 is 2.24 bits per heavy atom. The van der Waals surface area contributed by atoms with Crippen LogP contribution in [0.2, 0.25) is 0 Å². The molecule has 6 heteroatoms. The van der Waals surface area contributed by atoms with Crippen LogP contribution in [0.5, 0.6) is 0 Å². The molecule has 0 fully saturated rings. The van der Waals surface area contributed by atoms with Gasteiger partial charge in [0.05, 0.1) is 0 Å². The van der Waals surface area contributed by atoms with Gasteiger partial charge in [-0.25, -0.2) is 9.59 Å². The third kappa shape index (κ3) is 8.33. The number of ketones is 1. The Kier molecular flexibility index (Phi) is 7.61. The zero-order valence-electron chi connectivity index (χ0n) is 15.5. The van der Waals surface area contributed by atoms with Crippen molar-refractivity contribution in [3.63, 3.8) is 0 Å². The minimum Gasteiger partial charge on any atom is -0.453 e. The summed E-state index contributed by atoms with van der Waals surface area (Å²) in [6.07, 6.45) is -0.637. The van der Waals surface area contributed by atoms with Gasteiger partial charge in [0.1, 0.15) is 11.6 Å². The number of nitrogens with one attached hydrogen (secondary N) is 1. The third-order valence-electron chi connectivity index (χ3n) is 3.41. The Bertz CT molecular complexity index is 592. The van der Waals surface area contributed by atoms with E-state index in [-0.39, 0.29) is 5.78 Å². The summed E-state index contributed by atoms with van der Waals surface area (Å²) in [4.78, 5) is 35.6. The van der Waals surface area contributed by atoms with Crippen LogP contribution in [0.15, 0.2) is 30.3 Å². The van der Waals surface area contributed by atoms with Crippen molar-refractivity contribution in [3.8, 4) is 0 Å². The van der Waals surface area contributed by atoms with Gasteiger partial charge in [-0.3, -0.25) is 4.79 Å². The van der Waals surface area contributed by atoms with E-state index < -0.39 is 29.8 Å². The first-order valence-corrected chi connectivity index (χ1v) is 8.33. The Labute approximate surface area is 148 Å². The maximum Gasteiger partial charge on any atom is 0.408 e. The molecule has 1 rings (SSSR count). The van der Waals surface area contributed by atoms with Gasteiger partial charge < -0.3 is 14.8 Å². The van der Waals surface area contributed by atoms with Crippen LogP contribution in [-0.2, 0) is 25.5 Å². The molecule has 2 atom stereocenters. The Balaban J connectivity index is 2.76. The molecule has 1 aromatic carbocycles. The molecule has 0 unspecified atom stereocenters. The molecule has 1 aromatic rings. The molecule has 0 heterocycles. The van der Waals surface area contributed by atoms with Gasteiger partial charge in [-0.05, 0) is 53.0 Å². The van der Waals surface area contributed by atoms with E-state index in [2.05, 4.69) is 5.32 Å². The fourth-order valence-electron chi connectivity index (χ4n) is 1.99. The molecule has 0 spiro atoms. The van der Waals surface area contributed by atoms with Crippen LogP contribution in [0.25, 0.3) is 0 Å². The van der Waals surface area contributed by atoms with Gasteiger partial charge in [0.15, 0.2) is 11.9 Å². The van der Waals surface area contributed by atoms with Crippen LogP contribution in [0.1, 0.15) is 46.6 Å². The number of carbonyl (C=O) groups excluding carboxylic acids is 3. The molecule has 6 nitrogen and oxygen atoms in total. The van der Waals surface area contributed by atoms with Gasteiger partial charge in [0.25, 0.3) is 0 Å². The Morgan fingerprint density at radius 2 is 1.72 bits per heavy atom. The number of carbonyl (C=O) groups is 3. The lowest BCUT2D eigenvalue weighted by Crippen LogP contribution is -2.45. The number of benzene rings is 1. The zero-order valence-corrected chi connectivity index (χ0v) is 15.5. The van der Waals surface area contributed by atoms with E-state index in [1.54, 1.807) is 20.8 Å². The van der Waals surface area contributed by atoms with Gasteiger partial charge in [0.2, 0.25) is 0 Å². The minimum atomic E-state index is -0.892. The molecular formula is C19H27NO5. The van der Waals surface area contributed by atoms with Crippen LogP contribution in [-0.4, -0.2) is 35.6 Å². The quantitative estimate of drug-likeness (QED) is 0.765. The molecule has 0 saturated carbocycles. The molecule has 1 N–H and O–H groups in total. The number of Topliss-reactive ketones (excluding diaryl/α,β-unsaturated/α-hetero) is 1. The van der Waals surface area contributed by atoms with Crippen molar-refractivity contribution < 1.29 is 23.9 Å². The lowest BCUT2D eigenvalue weighted by atomic mass is 10.1. The normalized spacial score (nSPS) is 13.5. The fourth-order valence-corrected chi connectivity index (χ4v) is 1.99. The highest BCUT2D eigenvalue weighted by Crippen LogP contribution is 2.10. The number of ether oxygens (including phenoxy) is 2. The molecule has 138 valence electrons. The number of rotatable bonds is 7. The number of amides is 1. The van der Waals surface area contributed by atoms with E-state index in [4.69, 9.17) is 9.47 Å². The fraction of sp³-hybridized carbons (Fsp3) is 0.526. The number of hydrogen-bond donors (Lipinski definition) is 1. The van der Waals surface area contributed by atoms with Crippen molar-refractivity contribution in [2.24, 2.45) is 0 Å². The lowest BCUT2D eigenvalue weighted by molar-refractivity contribution is -0.155. The largest absolute Gasteiger partial charge is 0.453 e. The third-order valence-corrected chi connectivity index (χ3v) is 3.41. The molecular weight excluding hydrogens is 322 g/mol. The van der Waals surface area contributed by atoms with Crippen LogP contribution >= 0.6 is 0 Å². The van der Waals surface area contributed by atoms with Crippen molar-refractivity contribution in [1.82, 2.24) is 5.32 Å². The minimum absolute atomic E-state index is 0.257. The Hall–Kier alpha value is -2.37. The number of alkyl carbamates (subject to hydrolysis) is 1. The van der Waals surface area contributed by atoms with Crippen molar-refractivity contribution in [2.75, 3.05) is 0 Å². The maximum atomic E-state index is 12.3. The average Bonchev–Trinajstić information content (AvgIpc) is 2.50. The topological polar surface area (TPSA) is 81.7 Å². The molecule has 0 aliphatic rings. The molecule has 0 bridgehead atoms. The highest BCUT2D eigenvalue weighted by Gasteiger charge is 2.27. The second kappa shape index (κ2) is 9.20. The van der Waals surface area contributed by atoms with E-state index in [1.807, 2.05) is 30.3 Å². The lowest BCUT2D eigenvalue weighted by Gasteiger charge is -2.23. The van der Waals surface area contributed by atoms with Crippen LogP contribution in [0.3, 0.4) is 0 Å². The molecule has 1 amide bonds. The summed E-state index contributed by atoms with van der Waals surface area (Å²) < 4.78 is 10.3. The van der Waals surface area contributed by atoms with Crippen molar-refractivity contribution >= 4 is 17.8 Å². The summed E-state index contributed by atoms with van der Waals surface area (Å²) in [5.41, 5.74) is 0.357. The Morgan fingerprint density at radius 1 is 1.12 bits per heavy atom. The number of aryl methyl sites for hydroxylation is 1. The first kappa shape index (κ1) is 20.7. The standard InChI is InChI=1S/C19H27NO5/c1-13(21)14(2)24-17(22)16(20-18(23)25-19(3,4)5)12-11-15-9-7-6-8-10-15/h6-10,14,16H,11-12H2,1-5H3,(H,20,23)/t14-,16+/m0/s1. The first-order valence-electron chi connectivity index (χ1n) is 8.33. The predicted molar refractivity (Wildman–Crippen MR) is 94.2 cm³/mol. The van der Waals surface area contributed by atoms with Gasteiger partial charge in [-0.2, -0.15) is 0 Å². The summed E-state index contributed by atoms with van der Waals surface area (Å²) in [6.45, 7) is 8.06. The summed E-state index contributed by atoms with van der Waals surface area (Å²) in [5.74, 6) is -0.906. The number of hydrogen-bond acceptors (Lipinski definition) is 5. The summed E-state index contributed by atoms with van der Waals surface area (Å²) in [5, 5.41) is 2.54. The van der Waals surface area contributed by atoms with Crippen molar-refractivity contribution in [2.45, 2.75) is 65.2 Å². The molecule has 0 aromatic heterocycles. The van der Waals surface area contributed by atoms with Gasteiger partial charge in [-0.1, -0.05) is 30.3 Å². The van der Waals surface area contributed by atoms with Crippen molar-refractivity contribution in [1.29, 1.82) is 0 Å². The summed E-state index contributed by atoms with van der Waals surface area (Å²) in [6, 6.07) is 8.70. The average molecular weight is 349 g/mol. The monoisotopic (exact) mass is 349 g/mol. The van der Waals surface area contributed by atoms with Gasteiger partial charge in [0, 0.05) is 0 Å². The van der Waals surface area contributed by atoms with Crippen molar-refractivity contribution in [3.05, 3.63) is 35.9 Å². The summed E-state index contributed by atoms with van der Waals surface area (Å²) >= 11 is 0. The predicted octanol–water partition coefficient (Wildman–Crippen LogP) is 3.03. The van der Waals surface area contributed by atoms with Gasteiger partial charge >= 0.3 is 12.1 Å². The van der Waals surface area contributed by atoms with E-state index in [0.29, 0.717) is 12.8 Å². The summed E-state index contributed by atoms with van der Waals surface area (Å²) in [7, 11) is 0. The molecule has 0 saturated heterocycles. The molecule has 0 aliphatic carbocycles. The van der Waals surface area contributed by atoms with Crippen LogP contribution < -0.4 is 5.32 Å². The van der Waals surface area contributed by atoms with Gasteiger partial charge in [-0.15, -0.1) is 0 Å². The maximum absolute atomic E-state index is 12.3. The smallest absolute Gasteiger partial charge is 0.408 e. The van der Waals surface area contributed by atoms with E-state index in [9.17, 15) is 14.4 Å². The second-order valence-electron chi connectivity index (χ2n) is 6.91. The van der Waals surface area contributed by atoms with Crippen LogP contribution in [0, 0.1) is 0 Å². The SMILES string of the molecule is CC(=O)[C@H](C)OC(=O)[C@@H](CCc1ccccc1)NC(=O)OC(C)(C)C. The van der Waals surface area contributed by atoms with E-state index >= 15 is 0 Å². The highest BCUT2D eigenvalue weighted by atomic mass is 16.6.